The summed E-state index contributed by atoms with van der Waals surface area (Å²) in [6.45, 7) is 1.52. The summed E-state index contributed by atoms with van der Waals surface area (Å²) in [5.41, 5.74) is 5.29. The van der Waals surface area contributed by atoms with E-state index in [0.29, 0.717) is 5.70 Å². The Morgan fingerprint density at radius 1 is 1.86 bits per heavy atom. The molecular weight excluding hydrogens is 94.0 g/mol. The third kappa shape index (κ3) is 5.01. The summed E-state index contributed by atoms with van der Waals surface area (Å²) in [6.07, 6.45) is 0.944. The number of nitrogens with two attached hydrogens (primary N) is 1. The van der Waals surface area contributed by atoms with Gasteiger partial charge in [0.2, 0.25) is 0 Å². The summed E-state index contributed by atoms with van der Waals surface area (Å²) in [5.74, 6) is -1.000. The van der Waals surface area contributed by atoms with Crippen LogP contribution >= 0.6 is 0 Å². The normalized spacial score (nSPS) is 11.3. The zero-order valence-electron chi connectivity index (χ0n) is 4.01. The van der Waals surface area contributed by atoms with E-state index in [9.17, 15) is 4.79 Å². The molecule has 0 bridgehead atoms. The van der Waals surface area contributed by atoms with E-state index in [0.717, 1.165) is 6.08 Å². The van der Waals surface area contributed by atoms with Crippen LogP contribution in [0.4, 0.5) is 0 Å². The van der Waals surface area contributed by atoms with Crippen molar-refractivity contribution in [1.82, 2.24) is 0 Å². The van der Waals surface area contributed by atoms with Crippen molar-refractivity contribution >= 4 is 5.97 Å². The van der Waals surface area contributed by atoms with E-state index in [1.54, 1.807) is 0 Å². The highest BCUT2D eigenvalue weighted by molar-refractivity contribution is 5.80. The molecule has 0 heterocycles. The summed E-state index contributed by atoms with van der Waals surface area (Å²) in [5, 5.41) is 7.93. The number of carboxylic acids is 1. The molecule has 0 aromatic rings. The number of rotatable bonds is 1. The Kier molecular flexibility index (Phi) is 1.91. The van der Waals surface area contributed by atoms with Gasteiger partial charge in [0.05, 0.1) is 0 Å². The molecule has 3 nitrogen and oxygen atoms in total. The molecule has 0 aliphatic rings. The maximum Gasteiger partial charge on any atom is 0.330 e. The van der Waals surface area contributed by atoms with Gasteiger partial charge in [-0.05, 0) is 6.92 Å². The van der Waals surface area contributed by atoms with Crippen molar-refractivity contribution in [1.29, 1.82) is 0 Å². The van der Waals surface area contributed by atoms with Crippen LogP contribution in [0.15, 0.2) is 11.8 Å². The topological polar surface area (TPSA) is 63.3 Å². The number of carbonyl (C=O) groups is 1. The lowest BCUT2D eigenvalue weighted by Crippen LogP contribution is -1.96. The van der Waals surface area contributed by atoms with Gasteiger partial charge < -0.3 is 10.8 Å². The Labute approximate surface area is 41.4 Å². The molecular formula is C4H7NO2. The van der Waals surface area contributed by atoms with Crippen LogP contribution in [0.1, 0.15) is 6.92 Å². The number of hydrogen-bond donors (Lipinski definition) is 2. The lowest BCUT2D eigenvalue weighted by Gasteiger charge is -1.81. The fourth-order valence-electron chi connectivity index (χ4n) is 0.195. The molecule has 40 valence electrons. The molecule has 3 N–H and O–H groups in total. The van der Waals surface area contributed by atoms with Crippen molar-refractivity contribution in [2.45, 2.75) is 6.92 Å². The largest absolute Gasteiger partial charge is 0.478 e. The monoisotopic (exact) mass is 101 g/mol. The highest BCUT2D eigenvalue weighted by Crippen LogP contribution is 1.75. The van der Waals surface area contributed by atoms with E-state index in [-0.39, 0.29) is 0 Å². The minimum absolute atomic E-state index is 0.313. The van der Waals surface area contributed by atoms with E-state index in [1.807, 2.05) is 0 Å². The third-order valence-corrected chi connectivity index (χ3v) is 0.351. The maximum absolute atomic E-state index is 9.65. The molecule has 0 aliphatic heterocycles. The summed E-state index contributed by atoms with van der Waals surface area (Å²) in [6, 6.07) is 0. The van der Waals surface area contributed by atoms with Gasteiger partial charge in [-0.25, -0.2) is 4.79 Å². The van der Waals surface area contributed by atoms with Crippen molar-refractivity contribution in [2.75, 3.05) is 0 Å². The van der Waals surface area contributed by atoms with E-state index >= 15 is 0 Å². The Hall–Kier alpha value is -0.990. The number of allylic oxidation sites excluding steroid dienone is 1. The summed E-state index contributed by atoms with van der Waals surface area (Å²) in [4.78, 5) is 9.65. The zero-order chi connectivity index (χ0) is 5.86. The van der Waals surface area contributed by atoms with Crippen molar-refractivity contribution in [3.8, 4) is 0 Å². The van der Waals surface area contributed by atoms with Crippen LogP contribution in [-0.4, -0.2) is 11.1 Å². The van der Waals surface area contributed by atoms with Crippen molar-refractivity contribution in [2.24, 2.45) is 5.73 Å². The minimum atomic E-state index is -1.000. The van der Waals surface area contributed by atoms with Crippen molar-refractivity contribution in [3.05, 3.63) is 11.8 Å². The van der Waals surface area contributed by atoms with Gasteiger partial charge in [0.1, 0.15) is 0 Å². The van der Waals surface area contributed by atoms with Gasteiger partial charge in [0.15, 0.2) is 0 Å². The average molecular weight is 101 g/mol. The van der Waals surface area contributed by atoms with Gasteiger partial charge in [-0.2, -0.15) is 0 Å². The molecule has 7 heavy (non-hydrogen) atoms. The van der Waals surface area contributed by atoms with E-state index in [4.69, 9.17) is 10.8 Å². The molecule has 0 saturated heterocycles. The maximum atomic E-state index is 9.65. The second-order valence-electron chi connectivity index (χ2n) is 1.23. The molecule has 0 aromatic carbocycles. The Balaban J connectivity index is 3.68. The molecule has 0 radical (unpaired) electrons. The van der Waals surface area contributed by atoms with Crippen molar-refractivity contribution < 1.29 is 9.90 Å². The predicted octanol–water partition coefficient (Wildman–Crippen LogP) is -0.0665. The molecule has 0 unspecified atom stereocenters. The lowest BCUT2D eigenvalue weighted by molar-refractivity contribution is -0.131. The highest BCUT2D eigenvalue weighted by atomic mass is 16.4. The van der Waals surface area contributed by atoms with Gasteiger partial charge in [-0.1, -0.05) is 0 Å². The second kappa shape index (κ2) is 2.23. The molecule has 3 heteroatoms. The van der Waals surface area contributed by atoms with Gasteiger partial charge >= 0.3 is 5.97 Å². The lowest BCUT2D eigenvalue weighted by atomic mass is 10.5. The Morgan fingerprint density at radius 2 is 2.29 bits per heavy atom. The Morgan fingerprint density at radius 3 is 2.29 bits per heavy atom. The smallest absolute Gasteiger partial charge is 0.330 e. The third-order valence-electron chi connectivity index (χ3n) is 0.351. The first-order valence-corrected chi connectivity index (χ1v) is 1.79. The number of aliphatic carboxylic acids is 1. The second-order valence-corrected chi connectivity index (χ2v) is 1.23. The van der Waals surface area contributed by atoms with Gasteiger partial charge in [-0.15, -0.1) is 0 Å². The minimum Gasteiger partial charge on any atom is -0.478 e. The summed E-state index contributed by atoms with van der Waals surface area (Å²) >= 11 is 0. The molecule has 0 rings (SSSR count). The fraction of sp³-hybridized carbons (Fsp3) is 0.250. The first-order chi connectivity index (χ1) is 3.13. The number of hydrogen-bond acceptors (Lipinski definition) is 2. The van der Waals surface area contributed by atoms with Crippen LogP contribution < -0.4 is 5.73 Å². The molecule has 0 atom stereocenters. The molecule has 0 aliphatic carbocycles. The van der Waals surface area contributed by atoms with Crippen LogP contribution in [0.3, 0.4) is 0 Å². The molecule has 0 saturated carbocycles. The highest BCUT2D eigenvalue weighted by Gasteiger charge is 1.84. The molecule has 0 aromatic heterocycles. The first-order valence-electron chi connectivity index (χ1n) is 1.79. The SMILES string of the molecule is C/C(N)=C\C(=O)O. The van der Waals surface area contributed by atoms with Gasteiger partial charge in [0, 0.05) is 11.8 Å². The van der Waals surface area contributed by atoms with Crippen LogP contribution in [0.2, 0.25) is 0 Å². The standard InChI is InChI=1S/C4H7NO2/c1-3(5)2-4(6)7/h2H,5H2,1H3,(H,6,7)/b3-2+. The van der Waals surface area contributed by atoms with Gasteiger partial charge in [-0.3, -0.25) is 0 Å². The summed E-state index contributed by atoms with van der Waals surface area (Å²) < 4.78 is 0. The van der Waals surface area contributed by atoms with E-state index in [2.05, 4.69) is 0 Å². The molecule has 0 spiro atoms. The first kappa shape index (κ1) is 6.01. The van der Waals surface area contributed by atoms with Crippen LogP contribution in [0.25, 0.3) is 0 Å². The quantitative estimate of drug-likeness (QED) is 0.454. The molecule has 0 amide bonds. The van der Waals surface area contributed by atoms with Crippen molar-refractivity contribution in [3.63, 3.8) is 0 Å². The van der Waals surface area contributed by atoms with Crippen LogP contribution in [0, 0.1) is 0 Å². The van der Waals surface area contributed by atoms with Gasteiger partial charge in [0.25, 0.3) is 0 Å². The van der Waals surface area contributed by atoms with E-state index in [1.165, 1.54) is 6.92 Å². The number of carboxylic acid groups (broad SMARTS) is 1. The fourth-order valence-corrected chi connectivity index (χ4v) is 0.195. The Bertz CT molecular complexity index is 102. The summed E-state index contributed by atoms with van der Waals surface area (Å²) in [7, 11) is 0. The average Bonchev–Trinajstić information content (AvgIpc) is 1.27. The van der Waals surface area contributed by atoms with E-state index < -0.39 is 5.97 Å². The van der Waals surface area contributed by atoms with Crippen LogP contribution in [-0.2, 0) is 4.79 Å². The van der Waals surface area contributed by atoms with Crippen LogP contribution in [0.5, 0.6) is 0 Å². The predicted molar refractivity (Wildman–Crippen MR) is 25.6 cm³/mol. The molecule has 0 fully saturated rings. The zero-order valence-corrected chi connectivity index (χ0v) is 4.01.